The predicted molar refractivity (Wildman–Crippen MR) is 52.8 cm³/mol. The highest BCUT2D eigenvalue weighted by atomic mass is 35.5. The zero-order chi connectivity index (χ0) is 8.85. The summed E-state index contributed by atoms with van der Waals surface area (Å²) >= 11 is 5.90. The third-order valence-electron chi connectivity index (χ3n) is 1.55. The maximum absolute atomic E-state index is 5.90. The van der Waals surface area contributed by atoms with Crippen LogP contribution in [0.15, 0.2) is 22.8 Å². The van der Waals surface area contributed by atoms with E-state index in [1.165, 1.54) is 5.57 Å². The lowest BCUT2D eigenvalue weighted by Gasteiger charge is -2.06. The summed E-state index contributed by atoms with van der Waals surface area (Å²) in [5, 5.41) is 0.907. The van der Waals surface area contributed by atoms with Gasteiger partial charge in [0.05, 0.1) is 0 Å². The quantitative estimate of drug-likeness (QED) is 0.562. The summed E-state index contributed by atoms with van der Waals surface area (Å²) in [6, 6.07) is 0. The number of allylic oxidation sites excluding steroid dienone is 4. The molecule has 0 aromatic rings. The number of hydrogen-bond donors (Lipinski definition) is 0. The molecule has 0 aromatic carbocycles. The predicted octanol–water partition coefficient (Wildman–Crippen LogP) is 4.12. The highest BCUT2D eigenvalue weighted by molar-refractivity contribution is 6.29. The first kappa shape index (κ1) is 10.8. The molecule has 0 spiro atoms. The van der Waals surface area contributed by atoms with Crippen molar-refractivity contribution >= 4 is 11.6 Å². The molecule has 0 fully saturated rings. The van der Waals surface area contributed by atoms with Crippen LogP contribution in [-0.4, -0.2) is 0 Å². The molecule has 0 bridgehead atoms. The van der Waals surface area contributed by atoms with Gasteiger partial charge >= 0.3 is 0 Å². The van der Waals surface area contributed by atoms with E-state index in [1.807, 2.05) is 6.92 Å². The van der Waals surface area contributed by atoms with Crippen molar-refractivity contribution in [2.75, 3.05) is 0 Å². The first-order valence-corrected chi connectivity index (χ1v) is 4.50. The largest absolute Gasteiger partial charge is 0.0892 e. The van der Waals surface area contributed by atoms with E-state index in [-0.39, 0.29) is 0 Å². The van der Waals surface area contributed by atoms with E-state index in [2.05, 4.69) is 32.9 Å². The third-order valence-corrected chi connectivity index (χ3v) is 1.77. The number of halogens is 1. The Labute approximate surface area is 74.9 Å². The maximum Gasteiger partial charge on any atom is 0.0184 e. The highest BCUT2D eigenvalue weighted by Gasteiger charge is 2.01. The molecule has 11 heavy (non-hydrogen) atoms. The van der Waals surface area contributed by atoms with Gasteiger partial charge in [0.2, 0.25) is 0 Å². The van der Waals surface area contributed by atoms with E-state index in [0.29, 0.717) is 5.92 Å². The van der Waals surface area contributed by atoms with Crippen LogP contribution in [-0.2, 0) is 0 Å². The second-order valence-electron chi connectivity index (χ2n) is 2.95. The molecule has 0 nitrogen and oxygen atoms in total. The molecule has 0 heterocycles. The molecule has 0 aliphatic heterocycles. The molecule has 0 amide bonds. The van der Waals surface area contributed by atoms with Gasteiger partial charge in [0.15, 0.2) is 0 Å². The average Bonchev–Trinajstić information content (AvgIpc) is 1.87. The minimum absolute atomic E-state index is 0.523. The van der Waals surface area contributed by atoms with Crippen LogP contribution in [0.25, 0.3) is 0 Å². The first-order valence-electron chi connectivity index (χ1n) is 4.12. The summed E-state index contributed by atoms with van der Waals surface area (Å²) in [6.07, 6.45) is 5.33. The van der Waals surface area contributed by atoms with Gasteiger partial charge in [0.1, 0.15) is 0 Å². The van der Waals surface area contributed by atoms with Gasteiger partial charge in [-0.1, -0.05) is 44.5 Å². The molecular formula is C10H17Cl. The van der Waals surface area contributed by atoms with E-state index >= 15 is 0 Å². The Morgan fingerprint density at radius 3 is 2.27 bits per heavy atom. The van der Waals surface area contributed by atoms with Gasteiger partial charge in [-0.25, -0.2) is 0 Å². The Hall–Kier alpha value is -0.230. The second kappa shape index (κ2) is 5.42. The molecule has 0 aliphatic carbocycles. The summed E-state index contributed by atoms with van der Waals surface area (Å²) < 4.78 is 0. The van der Waals surface area contributed by atoms with Gasteiger partial charge < -0.3 is 0 Å². The van der Waals surface area contributed by atoms with Crippen LogP contribution in [0.4, 0.5) is 0 Å². The Morgan fingerprint density at radius 2 is 2.00 bits per heavy atom. The number of hydrogen-bond acceptors (Lipinski definition) is 0. The number of rotatable bonds is 3. The molecule has 0 aliphatic rings. The van der Waals surface area contributed by atoms with E-state index in [9.17, 15) is 0 Å². The Kier molecular flexibility index (Phi) is 5.31. The second-order valence-corrected chi connectivity index (χ2v) is 3.52. The lowest BCUT2D eigenvalue weighted by molar-refractivity contribution is 0.786. The van der Waals surface area contributed by atoms with Crippen LogP contribution in [0.3, 0.4) is 0 Å². The lowest BCUT2D eigenvalue weighted by atomic mass is 10.0. The minimum Gasteiger partial charge on any atom is -0.0892 e. The van der Waals surface area contributed by atoms with Crippen molar-refractivity contribution in [3.05, 3.63) is 22.8 Å². The van der Waals surface area contributed by atoms with E-state index < -0.39 is 0 Å². The highest BCUT2D eigenvalue weighted by Crippen LogP contribution is 2.18. The van der Waals surface area contributed by atoms with E-state index in [1.54, 1.807) is 0 Å². The molecule has 0 unspecified atom stereocenters. The zero-order valence-corrected chi connectivity index (χ0v) is 8.57. The first-order chi connectivity index (χ1) is 5.09. The Morgan fingerprint density at radius 1 is 1.45 bits per heavy atom. The van der Waals surface area contributed by atoms with Crippen molar-refractivity contribution in [2.45, 2.75) is 34.1 Å². The van der Waals surface area contributed by atoms with Crippen LogP contribution in [0.5, 0.6) is 0 Å². The standard InChI is InChI=1S/C10H17Cl/c1-5-6-7-10(8(2)3)9(4)11/h6-8H,5H2,1-4H3. The van der Waals surface area contributed by atoms with E-state index in [0.717, 1.165) is 11.5 Å². The fourth-order valence-electron chi connectivity index (χ4n) is 0.950. The zero-order valence-electron chi connectivity index (χ0n) is 7.82. The average molecular weight is 173 g/mol. The molecule has 0 saturated heterocycles. The van der Waals surface area contributed by atoms with Gasteiger partial charge in [-0.15, -0.1) is 0 Å². The van der Waals surface area contributed by atoms with Crippen LogP contribution in [0.1, 0.15) is 34.1 Å². The summed E-state index contributed by atoms with van der Waals surface area (Å²) in [5.41, 5.74) is 1.24. The van der Waals surface area contributed by atoms with Crippen LogP contribution in [0, 0.1) is 5.92 Å². The molecule has 0 N–H and O–H groups in total. The Bertz CT molecular complexity index is 160. The summed E-state index contributed by atoms with van der Waals surface area (Å²) in [7, 11) is 0. The van der Waals surface area contributed by atoms with Crippen molar-refractivity contribution in [1.29, 1.82) is 0 Å². The van der Waals surface area contributed by atoms with Crippen molar-refractivity contribution in [3.8, 4) is 0 Å². The molecule has 0 rings (SSSR count). The normalized spacial score (nSPS) is 14.4. The lowest BCUT2D eigenvalue weighted by Crippen LogP contribution is -1.91. The fraction of sp³-hybridized carbons (Fsp3) is 0.600. The third kappa shape index (κ3) is 4.26. The summed E-state index contributed by atoms with van der Waals surface area (Å²) in [5.74, 6) is 0.523. The smallest absolute Gasteiger partial charge is 0.0184 e. The van der Waals surface area contributed by atoms with Crippen molar-refractivity contribution in [1.82, 2.24) is 0 Å². The molecule has 0 atom stereocenters. The van der Waals surface area contributed by atoms with Crippen molar-refractivity contribution in [2.24, 2.45) is 5.92 Å². The molecule has 1 heteroatoms. The maximum atomic E-state index is 5.90. The SMILES string of the molecule is CCC=CC(=C(C)Cl)C(C)C. The van der Waals surface area contributed by atoms with Crippen LogP contribution < -0.4 is 0 Å². The topological polar surface area (TPSA) is 0 Å². The fourth-order valence-corrected chi connectivity index (χ4v) is 1.23. The van der Waals surface area contributed by atoms with Gasteiger partial charge in [-0.3, -0.25) is 0 Å². The minimum atomic E-state index is 0.523. The Balaban J connectivity index is 4.38. The summed E-state index contributed by atoms with van der Waals surface area (Å²) in [6.45, 7) is 8.37. The van der Waals surface area contributed by atoms with E-state index in [4.69, 9.17) is 11.6 Å². The molecule has 0 aromatic heterocycles. The van der Waals surface area contributed by atoms with Gasteiger partial charge in [0, 0.05) is 5.03 Å². The van der Waals surface area contributed by atoms with Crippen LogP contribution in [0.2, 0.25) is 0 Å². The molecular weight excluding hydrogens is 156 g/mol. The van der Waals surface area contributed by atoms with Crippen molar-refractivity contribution in [3.63, 3.8) is 0 Å². The van der Waals surface area contributed by atoms with Gasteiger partial charge in [-0.05, 0) is 24.8 Å². The van der Waals surface area contributed by atoms with Crippen molar-refractivity contribution < 1.29 is 0 Å². The van der Waals surface area contributed by atoms with Gasteiger partial charge in [0.25, 0.3) is 0 Å². The molecule has 0 saturated carbocycles. The van der Waals surface area contributed by atoms with Gasteiger partial charge in [-0.2, -0.15) is 0 Å². The monoisotopic (exact) mass is 172 g/mol. The molecule has 0 radical (unpaired) electrons. The van der Waals surface area contributed by atoms with Crippen LogP contribution >= 0.6 is 11.6 Å². The summed E-state index contributed by atoms with van der Waals surface area (Å²) in [4.78, 5) is 0. The molecule has 64 valence electrons.